The first-order valence-corrected chi connectivity index (χ1v) is 10.3. The molecule has 1 aromatic carbocycles. The molecule has 0 bridgehead atoms. The normalized spacial score (nSPS) is 13.8. The molecule has 0 saturated carbocycles. The minimum Gasteiger partial charge on any atom is -0.361 e. The van der Waals surface area contributed by atoms with Crippen LogP contribution in [-0.2, 0) is 24.2 Å². The molecule has 7 nitrogen and oxygen atoms in total. The summed E-state index contributed by atoms with van der Waals surface area (Å²) < 4.78 is 7.40. The van der Waals surface area contributed by atoms with Crippen molar-refractivity contribution >= 4 is 11.6 Å². The maximum atomic E-state index is 12.6. The van der Waals surface area contributed by atoms with Crippen molar-refractivity contribution in [2.45, 2.75) is 65.8 Å². The van der Waals surface area contributed by atoms with Crippen molar-refractivity contribution < 1.29 is 9.32 Å². The molecule has 0 unspecified atom stereocenters. The second kappa shape index (κ2) is 8.19. The Balaban J connectivity index is 1.50. The summed E-state index contributed by atoms with van der Waals surface area (Å²) in [6.07, 6.45) is 5.51. The van der Waals surface area contributed by atoms with Gasteiger partial charge in [-0.05, 0) is 51.7 Å². The van der Waals surface area contributed by atoms with Gasteiger partial charge >= 0.3 is 0 Å². The standard InChI is InChI=1S/C22H27N5O2/c1-14-8-9-17(22-25-24-20-7-5-4-6-12-27(20)22)13-19(14)23-21(28)11-10-18-15(2)26-29-16(18)3/h8-9,13H,4-7,10-12H2,1-3H3,(H,23,28). The molecule has 1 aliphatic rings. The van der Waals surface area contributed by atoms with Gasteiger partial charge in [0.15, 0.2) is 5.82 Å². The summed E-state index contributed by atoms with van der Waals surface area (Å²) in [5.74, 6) is 2.70. The van der Waals surface area contributed by atoms with Crippen LogP contribution >= 0.6 is 0 Å². The van der Waals surface area contributed by atoms with E-state index < -0.39 is 0 Å². The van der Waals surface area contributed by atoms with Gasteiger partial charge in [-0.2, -0.15) is 0 Å². The van der Waals surface area contributed by atoms with Gasteiger partial charge in [-0.15, -0.1) is 10.2 Å². The Morgan fingerprint density at radius 1 is 1.17 bits per heavy atom. The van der Waals surface area contributed by atoms with Gasteiger partial charge in [-0.3, -0.25) is 4.79 Å². The van der Waals surface area contributed by atoms with Gasteiger partial charge in [-0.25, -0.2) is 0 Å². The number of benzene rings is 1. The lowest BCUT2D eigenvalue weighted by atomic mass is 10.1. The van der Waals surface area contributed by atoms with Crippen molar-refractivity contribution in [3.8, 4) is 11.4 Å². The van der Waals surface area contributed by atoms with Crippen LogP contribution < -0.4 is 5.32 Å². The minimum absolute atomic E-state index is 0.0228. The SMILES string of the molecule is Cc1ccc(-c2nnc3n2CCCCC3)cc1NC(=O)CCc1c(C)noc1C. The highest BCUT2D eigenvalue weighted by Gasteiger charge is 2.17. The molecule has 1 aliphatic heterocycles. The van der Waals surface area contributed by atoms with E-state index in [1.807, 2.05) is 32.9 Å². The second-order valence-electron chi connectivity index (χ2n) is 7.78. The zero-order valence-corrected chi connectivity index (χ0v) is 17.3. The quantitative estimate of drug-likeness (QED) is 0.703. The molecule has 29 heavy (non-hydrogen) atoms. The number of nitrogens with zero attached hydrogens (tertiary/aromatic N) is 4. The average Bonchev–Trinajstić information content (AvgIpc) is 3.15. The molecule has 3 heterocycles. The highest BCUT2D eigenvalue weighted by molar-refractivity contribution is 5.92. The van der Waals surface area contributed by atoms with Crippen LogP contribution in [0.15, 0.2) is 22.7 Å². The first-order valence-electron chi connectivity index (χ1n) is 10.3. The Labute approximate surface area is 170 Å². The van der Waals surface area contributed by atoms with E-state index >= 15 is 0 Å². The summed E-state index contributed by atoms with van der Waals surface area (Å²) in [5, 5.41) is 15.8. The predicted octanol–water partition coefficient (Wildman–Crippen LogP) is 4.16. The molecule has 7 heteroatoms. The first kappa shape index (κ1) is 19.4. The first-order chi connectivity index (χ1) is 14.0. The molecule has 0 fully saturated rings. The molecule has 0 aliphatic carbocycles. The molecule has 0 saturated heterocycles. The Kier molecular flexibility index (Phi) is 5.47. The van der Waals surface area contributed by atoms with E-state index in [2.05, 4.69) is 31.3 Å². The van der Waals surface area contributed by atoms with Crippen LogP contribution in [0.25, 0.3) is 11.4 Å². The third-order valence-corrected chi connectivity index (χ3v) is 5.66. The highest BCUT2D eigenvalue weighted by Crippen LogP contribution is 2.27. The van der Waals surface area contributed by atoms with Crippen molar-refractivity contribution in [3.63, 3.8) is 0 Å². The van der Waals surface area contributed by atoms with Crippen molar-refractivity contribution in [1.29, 1.82) is 0 Å². The molecule has 2 aromatic heterocycles. The molecule has 152 valence electrons. The van der Waals surface area contributed by atoms with Crippen LogP contribution in [0, 0.1) is 20.8 Å². The number of carbonyl (C=O) groups excluding carboxylic acids is 1. The summed E-state index contributed by atoms with van der Waals surface area (Å²) in [4.78, 5) is 12.6. The fourth-order valence-electron chi connectivity index (χ4n) is 3.90. The van der Waals surface area contributed by atoms with Crippen LogP contribution in [0.1, 0.15) is 54.1 Å². The monoisotopic (exact) mass is 393 g/mol. The van der Waals surface area contributed by atoms with E-state index in [1.165, 1.54) is 12.8 Å². The summed E-state index contributed by atoms with van der Waals surface area (Å²) >= 11 is 0. The maximum Gasteiger partial charge on any atom is 0.224 e. The summed E-state index contributed by atoms with van der Waals surface area (Å²) in [6.45, 7) is 6.73. The number of amides is 1. The fourth-order valence-corrected chi connectivity index (χ4v) is 3.90. The zero-order chi connectivity index (χ0) is 20.4. The van der Waals surface area contributed by atoms with Gasteiger partial charge in [0.25, 0.3) is 0 Å². The van der Waals surface area contributed by atoms with Crippen molar-refractivity contribution in [2.24, 2.45) is 0 Å². The number of aromatic nitrogens is 4. The van der Waals surface area contributed by atoms with Crippen LogP contribution in [0.3, 0.4) is 0 Å². The molecule has 0 radical (unpaired) electrons. The lowest BCUT2D eigenvalue weighted by Gasteiger charge is -2.12. The van der Waals surface area contributed by atoms with Crippen LogP contribution in [-0.4, -0.2) is 25.8 Å². The van der Waals surface area contributed by atoms with Crippen molar-refractivity contribution in [2.75, 3.05) is 5.32 Å². The molecular weight excluding hydrogens is 366 g/mol. The van der Waals surface area contributed by atoms with Crippen LogP contribution in [0.4, 0.5) is 5.69 Å². The Morgan fingerprint density at radius 3 is 2.83 bits per heavy atom. The van der Waals surface area contributed by atoms with Crippen LogP contribution in [0.2, 0.25) is 0 Å². The van der Waals surface area contributed by atoms with E-state index in [0.717, 1.165) is 64.9 Å². The molecule has 3 aromatic rings. The third kappa shape index (κ3) is 4.09. The third-order valence-electron chi connectivity index (χ3n) is 5.66. The molecule has 1 amide bonds. The minimum atomic E-state index is -0.0228. The number of rotatable bonds is 5. The lowest BCUT2D eigenvalue weighted by molar-refractivity contribution is -0.116. The summed E-state index contributed by atoms with van der Waals surface area (Å²) in [5.41, 5.74) is 4.68. The predicted molar refractivity (Wildman–Crippen MR) is 111 cm³/mol. The summed E-state index contributed by atoms with van der Waals surface area (Å²) in [7, 11) is 0. The van der Waals surface area contributed by atoms with Crippen LogP contribution in [0.5, 0.6) is 0 Å². The Hall–Kier alpha value is -2.96. The number of fused-ring (bicyclic) bond motifs is 1. The average molecular weight is 393 g/mol. The van der Waals surface area contributed by atoms with E-state index in [9.17, 15) is 4.79 Å². The number of hydrogen-bond donors (Lipinski definition) is 1. The van der Waals surface area contributed by atoms with Crippen molar-refractivity contribution in [3.05, 3.63) is 46.6 Å². The molecule has 1 N–H and O–H groups in total. The zero-order valence-electron chi connectivity index (χ0n) is 17.3. The van der Waals surface area contributed by atoms with Crippen molar-refractivity contribution in [1.82, 2.24) is 19.9 Å². The van der Waals surface area contributed by atoms with E-state index in [-0.39, 0.29) is 5.91 Å². The van der Waals surface area contributed by atoms with E-state index in [0.29, 0.717) is 12.8 Å². The second-order valence-corrected chi connectivity index (χ2v) is 7.78. The number of anilines is 1. The van der Waals surface area contributed by atoms with Gasteiger partial charge in [0.2, 0.25) is 5.91 Å². The number of carbonyl (C=O) groups is 1. The lowest BCUT2D eigenvalue weighted by Crippen LogP contribution is -2.13. The molecular formula is C22H27N5O2. The molecule has 0 atom stereocenters. The number of nitrogens with one attached hydrogen (secondary N) is 1. The van der Waals surface area contributed by atoms with Gasteiger partial charge in [0, 0.05) is 36.2 Å². The Bertz CT molecular complexity index is 1010. The highest BCUT2D eigenvalue weighted by atomic mass is 16.5. The van der Waals surface area contributed by atoms with Gasteiger partial charge in [-0.1, -0.05) is 23.7 Å². The molecule has 4 rings (SSSR count). The fraction of sp³-hybridized carbons (Fsp3) is 0.455. The van der Waals surface area contributed by atoms with Gasteiger partial charge in [0.05, 0.1) is 5.69 Å². The summed E-state index contributed by atoms with van der Waals surface area (Å²) in [6, 6.07) is 6.08. The van der Waals surface area contributed by atoms with Gasteiger partial charge < -0.3 is 14.4 Å². The topological polar surface area (TPSA) is 85.8 Å². The van der Waals surface area contributed by atoms with E-state index in [4.69, 9.17) is 4.52 Å². The van der Waals surface area contributed by atoms with Gasteiger partial charge in [0.1, 0.15) is 11.6 Å². The maximum absolute atomic E-state index is 12.6. The van der Waals surface area contributed by atoms with E-state index in [1.54, 1.807) is 0 Å². The Morgan fingerprint density at radius 2 is 2.03 bits per heavy atom. The smallest absolute Gasteiger partial charge is 0.224 e. The number of hydrogen-bond acceptors (Lipinski definition) is 5. The molecule has 0 spiro atoms. The number of aryl methyl sites for hydroxylation is 4. The largest absolute Gasteiger partial charge is 0.361 e.